The van der Waals surface area contributed by atoms with Gasteiger partial charge in [-0.2, -0.15) is 0 Å². The van der Waals surface area contributed by atoms with Gasteiger partial charge in [0.25, 0.3) is 11.5 Å². The van der Waals surface area contributed by atoms with Gasteiger partial charge >= 0.3 is 0 Å². The third kappa shape index (κ3) is 3.85. The molecule has 1 aromatic heterocycles. The maximum absolute atomic E-state index is 12.3. The first kappa shape index (κ1) is 17.1. The van der Waals surface area contributed by atoms with E-state index in [-0.39, 0.29) is 30.0 Å². The molecule has 2 aromatic rings. The van der Waals surface area contributed by atoms with E-state index in [9.17, 15) is 22.8 Å². The molecular formula is C15H16N4O5S. The summed E-state index contributed by atoms with van der Waals surface area (Å²) in [6, 6.07) is 6.76. The fourth-order valence-electron chi connectivity index (χ4n) is 2.65. The molecule has 0 aliphatic carbocycles. The van der Waals surface area contributed by atoms with E-state index < -0.39 is 27.6 Å². The Morgan fingerprint density at radius 2 is 2.00 bits per heavy atom. The van der Waals surface area contributed by atoms with Crippen LogP contribution in [0.15, 0.2) is 35.4 Å². The minimum Gasteiger partial charge on any atom is -0.289 e. The molecule has 0 radical (unpaired) electrons. The van der Waals surface area contributed by atoms with E-state index in [1.165, 1.54) is 6.33 Å². The van der Waals surface area contributed by atoms with Crippen LogP contribution >= 0.6 is 0 Å². The van der Waals surface area contributed by atoms with Gasteiger partial charge in [0, 0.05) is 0 Å². The van der Waals surface area contributed by atoms with Crippen molar-refractivity contribution in [2.75, 3.05) is 11.5 Å². The van der Waals surface area contributed by atoms with Gasteiger partial charge in [0.15, 0.2) is 9.84 Å². The molecule has 1 aliphatic heterocycles. The lowest BCUT2D eigenvalue weighted by Crippen LogP contribution is -2.46. The standard InChI is InChI=1S/C15H16N4O5S/c20-13(17-18-14(21)10-5-6-25(23,24)8-10)7-19-9-16-12-4-2-1-3-11(12)15(19)22/h1-4,9-10H,5-8H2,(H,17,20)(H,18,21)/t10-/m0/s1. The number of para-hydroxylation sites is 1. The van der Waals surface area contributed by atoms with Crippen molar-refractivity contribution >= 4 is 32.6 Å². The zero-order chi connectivity index (χ0) is 18.0. The van der Waals surface area contributed by atoms with Crippen LogP contribution in [-0.2, 0) is 26.0 Å². The van der Waals surface area contributed by atoms with Crippen molar-refractivity contribution < 1.29 is 18.0 Å². The second-order valence-corrected chi connectivity index (χ2v) is 8.06. The number of nitrogens with one attached hydrogen (secondary N) is 2. The third-order valence-corrected chi connectivity index (χ3v) is 5.74. The molecule has 132 valence electrons. The molecule has 1 saturated heterocycles. The topological polar surface area (TPSA) is 127 Å². The summed E-state index contributed by atoms with van der Waals surface area (Å²) < 4.78 is 23.8. The fourth-order valence-corrected chi connectivity index (χ4v) is 4.39. The maximum Gasteiger partial charge on any atom is 0.261 e. The molecular weight excluding hydrogens is 348 g/mol. The lowest BCUT2D eigenvalue weighted by molar-refractivity contribution is -0.131. The minimum absolute atomic E-state index is 0.0306. The number of carbonyl (C=O) groups excluding carboxylic acids is 2. The molecule has 1 fully saturated rings. The predicted molar refractivity (Wildman–Crippen MR) is 89.0 cm³/mol. The predicted octanol–water partition coefficient (Wildman–Crippen LogP) is -1.02. The number of benzene rings is 1. The van der Waals surface area contributed by atoms with Crippen LogP contribution in [0.5, 0.6) is 0 Å². The van der Waals surface area contributed by atoms with E-state index in [0.29, 0.717) is 10.9 Å². The molecule has 0 spiro atoms. The van der Waals surface area contributed by atoms with Crippen molar-refractivity contribution in [3.8, 4) is 0 Å². The van der Waals surface area contributed by atoms with Crippen molar-refractivity contribution in [3.05, 3.63) is 40.9 Å². The zero-order valence-corrected chi connectivity index (χ0v) is 14.0. The first-order valence-electron chi connectivity index (χ1n) is 7.59. The van der Waals surface area contributed by atoms with Gasteiger partial charge in [0.1, 0.15) is 6.54 Å². The Morgan fingerprint density at radius 1 is 1.24 bits per heavy atom. The summed E-state index contributed by atoms with van der Waals surface area (Å²) in [5.41, 5.74) is 4.55. The Labute approximate surface area is 142 Å². The average molecular weight is 364 g/mol. The van der Waals surface area contributed by atoms with Gasteiger partial charge < -0.3 is 0 Å². The fraction of sp³-hybridized carbons (Fsp3) is 0.333. The second kappa shape index (κ2) is 6.63. The molecule has 10 heteroatoms. The van der Waals surface area contributed by atoms with Crippen molar-refractivity contribution in [1.29, 1.82) is 0 Å². The largest absolute Gasteiger partial charge is 0.289 e. The van der Waals surface area contributed by atoms with Gasteiger partial charge in [-0.05, 0) is 18.6 Å². The summed E-state index contributed by atoms with van der Waals surface area (Å²) >= 11 is 0. The van der Waals surface area contributed by atoms with Crippen molar-refractivity contribution in [2.24, 2.45) is 5.92 Å². The van der Waals surface area contributed by atoms with Crippen molar-refractivity contribution in [2.45, 2.75) is 13.0 Å². The quantitative estimate of drug-likeness (QED) is 0.671. The Balaban J connectivity index is 1.61. The monoisotopic (exact) mass is 364 g/mol. The first-order chi connectivity index (χ1) is 11.9. The molecule has 9 nitrogen and oxygen atoms in total. The highest BCUT2D eigenvalue weighted by Gasteiger charge is 2.33. The Morgan fingerprint density at radius 3 is 2.72 bits per heavy atom. The first-order valence-corrected chi connectivity index (χ1v) is 9.41. The molecule has 1 aromatic carbocycles. The second-order valence-electron chi connectivity index (χ2n) is 5.83. The van der Waals surface area contributed by atoms with E-state index in [1.54, 1.807) is 24.3 Å². The minimum atomic E-state index is -3.18. The van der Waals surface area contributed by atoms with Crippen molar-refractivity contribution in [3.63, 3.8) is 0 Å². The summed E-state index contributed by atoms with van der Waals surface area (Å²) in [4.78, 5) is 40.1. The van der Waals surface area contributed by atoms with Gasteiger partial charge in [-0.1, -0.05) is 12.1 Å². The Kier molecular flexibility index (Phi) is 4.53. The van der Waals surface area contributed by atoms with Gasteiger partial charge in [-0.25, -0.2) is 13.4 Å². The lowest BCUT2D eigenvalue weighted by Gasteiger charge is -2.11. The number of sulfone groups is 1. The molecule has 0 bridgehead atoms. The smallest absolute Gasteiger partial charge is 0.261 e. The number of fused-ring (bicyclic) bond motifs is 1. The van der Waals surface area contributed by atoms with Gasteiger partial charge in [0.05, 0.1) is 34.7 Å². The van der Waals surface area contributed by atoms with Crippen LogP contribution in [0.2, 0.25) is 0 Å². The molecule has 3 rings (SSSR count). The summed E-state index contributed by atoms with van der Waals surface area (Å²) in [5, 5.41) is 0.387. The number of hydrazine groups is 1. The Hall–Kier alpha value is -2.75. The highest BCUT2D eigenvalue weighted by atomic mass is 32.2. The third-order valence-electron chi connectivity index (χ3n) is 3.97. The van der Waals surface area contributed by atoms with Crippen LogP contribution in [0.1, 0.15) is 6.42 Å². The van der Waals surface area contributed by atoms with E-state index >= 15 is 0 Å². The summed E-state index contributed by atoms with van der Waals surface area (Å²) in [6.45, 7) is -0.320. The highest BCUT2D eigenvalue weighted by Crippen LogP contribution is 2.17. The molecule has 1 atom stereocenters. The molecule has 2 amide bonds. The van der Waals surface area contributed by atoms with Crippen LogP contribution in [0, 0.1) is 5.92 Å². The molecule has 2 N–H and O–H groups in total. The van der Waals surface area contributed by atoms with Crippen molar-refractivity contribution in [1.82, 2.24) is 20.4 Å². The van der Waals surface area contributed by atoms with Crippen LogP contribution in [0.3, 0.4) is 0 Å². The zero-order valence-electron chi connectivity index (χ0n) is 13.1. The highest BCUT2D eigenvalue weighted by molar-refractivity contribution is 7.91. The average Bonchev–Trinajstić information content (AvgIpc) is 2.95. The molecule has 0 saturated carbocycles. The number of aromatic nitrogens is 2. The number of hydrogen-bond acceptors (Lipinski definition) is 6. The van der Waals surface area contributed by atoms with E-state index in [1.807, 2.05) is 0 Å². The lowest BCUT2D eigenvalue weighted by atomic mass is 10.1. The molecule has 2 heterocycles. The number of nitrogens with zero attached hydrogens (tertiary/aromatic N) is 2. The summed E-state index contributed by atoms with van der Waals surface area (Å²) in [6.07, 6.45) is 1.49. The summed E-state index contributed by atoms with van der Waals surface area (Å²) in [7, 11) is -3.18. The van der Waals surface area contributed by atoms with E-state index in [4.69, 9.17) is 0 Å². The normalized spacial score (nSPS) is 18.8. The number of carbonyl (C=O) groups is 2. The van der Waals surface area contributed by atoms with Gasteiger partial charge in [-0.15, -0.1) is 0 Å². The number of hydrogen-bond donors (Lipinski definition) is 2. The SMILES string of the molecule is O=C(Cn1cnc2ccccc2c1=O)NNC(=O)[C@H]1CCS(=O)(=O)C1. The van der Waals surface area contributed by atoms with Crippen LogP contribution in [0.25, 0.3) is 10.9 Å². The molecule has 0 unspecified atom stereocenters. The van der Waals surface area contributed by atoms with Gasteiger partial charge in [0.2, 0.25) is 5.91 Å². The van der Waals surface area contributed by atoms with Crippen LogP contribution in [0.4, 0.5) is 0 Å². The summed E-state index contributed by atoms with van der Waals surface area (Å²) in [5.74, 6) is -2.10. The number of rotatable bonds is 3. The van der Waals surface area contributed by atoms with Gasteiger partial charge in [-0.3, -0.25) is 29.8 Å². The van der Waals surface area contributed by atoms with E-state index in [2.05, 4.69) is 15.8 Å². The van der Waals surface area contributed by atoms with E-state index in [0.717, 1.165) is 4.57 Å². The molecule has 25 heavy (non-hydrogen) atoms. The maximum atomic E-state index is 12.3. The number of amides is 2. The molecule has 1 aliphatic rings. The Bertz CT molecular complexity index is 998. The van der Waals surface area contributed by atoms with Crippen LogP contribution < -0.4 is 16.4 Å². The van der Waals surface area contributed by atoms with Crippen LogP contribution in [-0.4, -0.2) is 41.3 Å².